The Morgan fingerprint density at radius 3 is 2.67 bits per heavy atom. The quantitative estimate of drug-likeness (QED) is 0.917. The number of primary sulfonamides is 1. The molecule has 2 N–H and O–H groups in total. The van der Waals surface area contributed by atoms with E-state index in [1.165, 1.54) is 36.5 Å². The number of pyridine rings is 1. The summed E-state index contributed by atoms with van der Waals surface area (Å²) in [4.78, 5) is 3.51. The van der Waals surface area contributed by atoms with Gasteiger partial charge in [0.15, 0.2) is 0 Å². The lowest BCUT2D eigenvalue weighted by atomic mass is 10.3. The fraction of sp³-hybridized carbons (Fsp3) is 0. The van der Waals surface area contributed by atoms with E-state index in [9.17, 15) is 12.8 Å². The van der Waals surface area contributed by atoms with Gasteiger partial charge in [-0.05, 0) is 24.3 Å². The Morgan fingerprint density at radius 2 is 2.00 bits per heavy atom. The second-order valence-corrected chi connectivity index (χ2v) is 4.94. The monoisotopic (exact) mass is 268 g/mol. The van der Waals surface area contributed by atoms with Crippen LogP contribution in [0.1, 0.15) is 0 Å². The summed E-state index contributed by atoms with van der Waals surface area (Å²) in [6, 6.07) is 7.94. The molecule has 18 heavy (non-hydrogen) atoms. The molecule has 0 radical (unpaired) electrons. The molecule has 0 atom stereocenters. The molecule has 94 valence electrons. The number of hydrogen-bond acceptors (Lipinski definition) is 4. The smallest absolute Gasteiger partial charge is 0.243 e. The molecular weight excluding hydrogens is 259 g/mol. The van der Waals surface area contributed by atoms with Crippen LogP contribution in [0.15, 0.2) is 47.5 Å². The molecule has 0 spiro atoms. The number of nitrogens with two attached hydrogens (primary N) is 1. The van der Waals surface area contributed by atoms with Gasteiger partial charge in [-0.15, -0.1) is 0 Å². The number of halogens is 1. The van der Waals surface area contributed by atoms with Gasteiger partial charge >= 0.3 is 0 Å². The van der Waals surface area contributed by atoms with E-state index in [1.807, 2.05) is 0 Å². The van der Waals surface area contributed by atoms with Crippen molar-refractivity contribution < 1.29 is 17.5 Å². The van der Waals surface area contributed by atoms with Gasteiger partial charge in [0.1, 0.15) is 16.5 Å². The van der Waals surface area contributed by atoms with Crippen LogP contribution in [-0.2, 0) is 10.0 Å². The van der Waals surface area contributed by atoms with Gasteiger partial charge in [-0.1, -0.05) is 6.07 Å². The molecule has 0 fully saturated rings. The predicted octanol–water partition coefficient (Wildman–Crippen LogP) is 1.66. The summed E-state index contributed by atoms with van der Waals surface area (Å²) in [5, 5.41) is 5.02. The molecule has 0 aliphatic carbocycles. The first kappa shape index (κ1) is 12.5. The minimum Gasteiger partial charge on any atom is -0.438 e. The zero-order chi connectivity index (χ0) is 13.2. The SMILES string of the molecule is NS(=O)(=O)c1cccnc1Oc1cccc(F)c1. The standard InChI is InChI=1S/C11H9FN2O3S/c12-8-3-1-4-9(7-8)17-11-10(18(13,15)16)5-2-6-14-11/h1-7H,(H2,13,15,16). The van der Waals surface area contributed by atoms with Gasteiger partial charge in [-0.25, -0.2) is 22.9 Å². The van der Waals surface area contributed by atoms with Gasteiger partial charge in [0, 0.05) is 12.3 Å². The Balaban J connectivity index is 2.41. The van der Waals surface area contributed by atoms with E-state index in [1.54, 1.807) is 0 Å². The van der Waals surface area contributed by atoms with E-state index >= 15 is 0 Å². The lowest BCUT2D eigenvalue weighted by Crippen LogP contribution is -2.13. The molecule has 0 aliphatic heterocycles. The molecule has 1 aromatic heterocycles. The fourth-order valence-electron chi connectivity index (χ4n) is 1.31. The van der Waals surface area contributed by atoms with Crippen LogP contribution in [-0.4, -0.2) is 13.4 Å². The normalized spacial score (nSPS) is 11.2. The number of sulfonamides is 1. The van der Waals surface area contributed by atoms with Gasteiger partial charge in [0.05, 0.1) is 0 Å². The highest BCUT2D eigenvalue weighted by molar-refractivity contribution is 7.89. The third-order valence-corrected chi connectivity index (χ3v) is 2.98. The Kier molecular flexibility index (Phi) is 3.26. The van der Waals surface area contributed by atoms with Crippen LogP contribution in [0.4, 0.5) is 4.39 Å². The van der Waals surface area contributed by atoms with Crippen LogP contribution in [0.3, 0.4) is 0 Å². The molecule has 1 heterocycles. The van der Waals surface area contributed by atoms with Crippen LogP contribution >= 0.6 is 0 Å². The van der Waals surface area contributed by atoms with Crippen molar-refractivity contribution in [2.24, 2.45) is 5.14 Å². The molecule has 0 unspecified atom stereocenters. The Labute approximate surface area is 103 Å². The summed E-state index contributed by atoms with van der Waals surface area (Å²) in [5.41, 5.74) is 0. The summed E-state index contributed by atoms with van der Waals surface area (Å²) < 4.78 is 40.8. The van der Waals surface area contributed by atoms with Crippen molar-refractivity contribution in [3.8, 4) is 11.6 Å². The molecule has 0 saturated carbocycles. The molecule has 0 bridgehead atoms. The molecule has 0 aliphatic rings. The first-order valence-electron chi connectivity index (χ1n) is 4.88. The highest BCUT2D eigenvalue weighted by Crippen LogP contribution is 2.25. The number of ether oxygens (including phenoxy) is 1. The van der Waals surface area contributed by atoms with E-state index in [2.05, 4.69) is 4.98 Å². The molecule has 1 aromatic carbocycles. The third kappa shape index (κ3) is 2.82. The van der Waals surface area contributed by atoms with Crippen LogP contribution in [0.2, 0.25) is 0 Å². The molecule has 0 amide bonds. The average molecular weight is 268 g/mol. The molecule has 0 saturated heterocycles. The van der Waals surface area contributed by atoms with Crippen molar-refractivity contribution in [1.82, 2.24) is 4.98 Å². The van der Waals surface area contributed by atoms with Gasteiger partial charge in [-0.2, -0.15) is 0 Å². The van der Waals surface area contributed by atoms with Crippen molar-refractivity contribution in [2.45, 2.75) is 4.90 Å². The first-order valence-corrected chi connectivity index (χ1v) is 6.43. The summed E-state index contributed by atoms with van der Waals surface area (Å²) >= 11 is 0. The van der Waals surface area contributed by atoms with Crippen LogP contribution < -0.4 is 9.88 Å². The van der Waals surface area contributed by atoms with Crippen LogP contribution in [0.25, 0.3) is 0 Å². The van der Waals surface area contributed by atoms with Crippen molar-refractivity contribution in [1.29, 1.82) is 0 Å². The number of rotatable bonds is 3. The van der Waals surface area contributed by atoms with Gasteiger partial charge in [0.25, 0.3) is 0 Å². The minimum absolute atomic E-state index is 0.138. The molecule has 2 rings (SSSR count). The first-order chi connectivity index (χ1) is 8.47. The average Bonchev–Trinajstić information content (AvgIpc) is 2.28. The van der Waals surface area contributed by atoms with Crippen LogP contribution in [0.5, 0.6) is 11.6 Å². The Hall–Kier alpha value is -1.99. The second kappa shape index (κ2) is 4.71. The zero-order valence-electron chi connectivity index (χ0n) is 9.08. The number of aromatic nitrogens is 1. The third-order valence-electron chi connectivity index (χ3n) is 2.05. The Bertz CT molecular complexity index is 673. The summed E-state index contributed by atoms with van der Waals surface area (Å²) in [7, 11) is -3.94. The van der Waals surface area contributed by atoms with Gasteiger partial charge in [0.2, 0.25) is 15.9 Å². The maximum atomic E-state index is 13.0. The molecular formula is C11H9FN2O3S. The summed E-state index contributed by atoms with van der Waals surface area (Å²) in [5.74, 6) is -0.551. The largest absolute Gasteiger partial charge is 0.438 e. The van der Waals surface area contributed by atoms with Gasteiger partial charge in [-0.3, -0.25) is 0 Å². The van der Waals surface area contributed by atoms with E-state index in [0.29, 0.717) is 0 Å². The lowest BCUT2D eigenvalue weighted by molar-refractivity contribution is 0.443. The highest BCUT2D eigenvalue weighted by Gasteiger charge is 2.16. The van der Waals surface area contributed by atoms with E-state index in [0.717, 1.165) is 6.07 Å². The number of nitrogens with zero attached hydrogens (tertiary/aromatic N) is 1. The van der Waals surface area contributed by atoms with Gasteiger partial charge < -0.3 is 4.74 Å². The number of hydrogen-bond donors (Lipinski definition) is 1. The fourth-order valence-corrected chi connectivity index (χ4v) is 1.92. The van der Waals surface area contributed by atoms with E-state index < -0.39 is 15.8 Å². The predicted molar refractivity (Wildman–Crippen MR) is 62.1 cm³/mol. The van der Waals surface area contributed by atoms with Crippen molar-refractivity contribution in [3.05, 3.63) is 48.4 Å². The maximum absolute atomic E-state index is 13.0. The molecule has 5 nitrogen and oxygen atoms in total. The molecule has 2 aromatic rings. The van der Waals surface area contributed by atoms with Crippen molar-refractivity contribution in [3.63, 3.8) is 0 Å². The Morgan fingerprint density at radius 1 is 1.22 bits per heavy atom. The highest BCUT2D eigenvalue weighted by atomic mass is 32.2. The van der Waals surface area contributed by atoms with E-state index in [-0.39, 0.29) is 16.5 Å². The summed E-state index contributed by atoms with van der Waals surface area (Å²) in [6.45, 7) is 0. The van der Waals surface area contributed by atoms with Crippen LogP contribution in [0, 0.1) is 5.82 Å². The zero-order valence-corrected chi connectivity index (χ0v) is 9.89. The minimum atomic E-state index is -3.94. The second-order valence-electron chi connectivity index (χ2n) is 3.41. The van der Waals surface area contributed by atoms with E-state index in [4.69, 9.17) is 9.88 Å². The van der Waals surface area contributed by atoms with Crippen molar-refractivity contribution >= 4 is 10.0 Å². The lowest BCUT2D eigenvalue weighted by Gasteiger charge is -2.07. The molecule has 7 heteroatoms. The maximum Gasteiger partial charge on any atom is 0.243 e. The van der Waals surface area contributed by atoms with Crippen molar-refractivity contribution in [2.75, 3.05) is 0 Å². The summed E-state index contributed by atoms with van der Waals surface area (Å²) in [6.07, 6.45) is 1.35. The number of benzene rings is 1. The topological polar surface area (TPSA) is 82.3 Å².